The number of carbonyl (C=O) groups is 1. The molecule has 0 bridgehead atoms. The summed E-state index contributed by atoms with van der Waals surface area (Å²) >= 11 is 11.3. The smallest absolute Gasteiger partial charge is 0.195 e. The minimum absolute atomic E-state index is 0.0332. The SMILES string of the molecule is O=C(S)CSCCSCCS. The van der Waals surface area contributed by atoms with Crippen molar-refractivity contribution >= 4 is 53.9 Å². The lowest BCUT2D eigenvalue weighted by atomic mass is 10.9. The average Bonchev–Trinajstić information content (AvgIpc) is 1.96. The average molecular weight is 228 g/mol. The molecule has 1 nitrogen and oxygen atoms in total. The molecule has 0 atom stereocenters. The van der Waals surface area contributed by atoms with Gasteiger partial charge in [0, 0.05) is 17.3 Å². The third kappa shape index (κ3) is 11.1. The number of rotatable bonds is 7. The van der Waals surface area contributed by atoms with E-state index in [0.29, 0.717) is 5.75 Å². The zero-order valence-corrected chi connectivity index (χ0v) is 9.58. The highest BCUT2D eigenvalue weighted by atomic mass is 32.2. The standard InChI is InChI=1S/C6H12OS4/c7-6(9)5-11-4-3-10-2-1-8/h8H,1-5H2,(H,7,9). The van der Waals surface area contributed by atoms with Crippen molar-refractivity contribution in [2.75, 3.05) is 28.8 Å². The summed E-state index contributed by atoms with van der Waals surface area (Å²) in [4.78, 5) is 10.4. The van der Waals surface area contributed by atoms with E-state index in [-0.39, 0.29) is 5.12 Å². The maximum atomic E-state index is 10.4. The molecule has 0 aromatic heterocycles. The predicted molar refractivity (Wildman–Crippen MR) is 62.5 cm³/mol. The fourth-order valence-electron chi connectivity index (χ4n) is 0.444. The van der Waals surface area contributed by atoms with E-state index < -0.39 is 0 Å². The summed E-state index contributed by atoms with van der Waals surface area (Å²) in [5, 5.41) is -0.0332. The van der Waals surface area contributed by atoms with Crippen LogP contribution in [0.4, 0.5) is 0 Å². The van der Waals surface area contributed by atoms with Crippen molar-refractivity contribution < 1.29 is 4.79 Å². The van der Waals surface area contributed by atoms with Gasteiger partial charge in [0.1, 0.15) is 0 Å². The first-order valence-corrected chi connectivity index (χ1v) is 6.64. The molecule has 0 spiro atoms. The number of hydrogen-bond acceptors (Lipinski definition) is 4. The second-order valence-corrected chi connectivity index (χ2v) is 5.06. The van der Waals surface area contributed by atoms with Crippen molar-refractivity contribution in [3.63, 3.8) is 0 Å². The lowest BCUT2D eigenvalue weighted by Crippen LogP contribution is -1.94. The quantitative estimate of drug-likeness (QED) is 0.512. The summed E-state index contributed by atoms with van der Waals surface area (Å²) in [5.41, 5.74) is 0. The van der Waals surface area contributed by atoms with Crippen LogP contribution in [0.5, 0.6) is 0 Å². The maximum absolute atomic E-state index is 10.4. The Morgan fingerprint density at radius 1 is 1.18 bits per heavy atom. The maximum Gasteiger partial charge on any atom is 0.195 e. The van der Waals surface area contributed by atoms with Gasteiger partial charge in [0.2, 0.25) is 0 Å². The van der Waals surface area contributed by atoms with E-state index in [0.717, 1.165) is 23.0 Å². The van der Waals surface area contributed by atoms with Crippen LogP contribution >= 0.6 is 48.8 Å². The largest absolute Gasteiger partial charge is 0.287 e. The van der Waals surface area contributed by atoms with Gasteiger partial charge in [0.05, 0.1) is 5.75 Å². The molecular weight excluding hydrogens is 216 g/mol. The van der Waals surface area contributed by atoms with Crippen LogP contribution in [0.1, 0.15) is 0 Å². The Kier molecular flexibility index (Phi) is 10.1. The molecule has 0 aliphatic carbocycles. The van der Waals surface area contributed by atoms with E-state index in [4.69, 9.17) is 0 Å². The fraction of sp³-hybridized carbons (Fsp3) is 0.833. The molecule has 0 aliphatic rings. The van der Waals surface area contributed by atoms with E-state index in [1.807, 2.05) is 11.8 Å². The van der Waals surface area contributed by atoms with Crippen molar-refractivity contribution in [3.8, 4) is 0 Å². The number of hydrogen-bond donors (Lipinski definition) is 2. The van der Waals surface area contributed by atoms with Crippen LogP contribution in [0.25, 0.3) is 0 Å². The zero-order valence-electron chi connectivity index (χ0n) is 6.15. The van der Waals surface area contributed by atoms with Crippen LogP contribution in [0.2, 0.25) is 0 Å². The lowest BCUT2D eigenvalue weighted by molar-refractivity contribution is -0.108. The van der Waals surface area contributed by atoms with Gasteiger partial charge in [-0.2, -0.15) is 36.2 Å². The summed E-state index contributed by atoms with van der Waals surface area (Å²) < 4.78 is 0. The first kappa shape index (κ1) is 12.1. The van der Waals surface area contributed by atoms with Gasteiger partial charge < -0.3 is 0 Å². The first-order valence-electron chi connectivity index (χ1n) is 3.25. The molecule has 0 heterocycles. The van der Waals surface area contributed by atoms with Crippen molar-refractivity contribution in [2.24, 2.45) is 0 Å². The second-order valence-electron chi connectivity index (χ2n) is 1.78. The van der Waals surface area contributed by atoms with Gasteiger partial charge in [-0.1, -0.05) is 0 Å². The van der Waals surface area contributed by atoms with Crippen molar-refractivity contribution in [1.82, 2.24) is 0 Å². The van der Waals surface area contributed by atoms with E-state index in [1.54, 1.807) is 11.8 Å². The minimum Gasteiger partial charge on any atom is -0.287 e. The third-order valence-corrected chi connectivity index (χ3v) is 3.93. The predicted octanol–water partition coefficient (Wildman–Crippen LogP) is 1.84. The summed E-state index contributed by atoms with van der Waals surface area (Å²) in [6.07, 6.45) is 0. The Labute approximate surface area is 87.3 Å². The molecule has 0 rings (SSSR count). The monoisotopic (exact) mass is 228 g/mol. The van der Waals surface area contributed by atoms with Gasteiger partial charge >= 0.3 is 0 Å². The Morgan fingerprint density at radius 3 is 2.36 bits per heavy atom. The Balaban J connectivity index is 2.85. The van der Waals surface area contributed by atoms with E-state index >= 15 is 0 Å². The highest BCUT2D eigenvalue weighted by molar-refractivity contribution is 8.06. The molecule has 11 heavy (non-hydrogen) atoms. The highest BCUT2D eigenvalue weighted by Gasteiger charge is 1.94. The summed E-state index contributed by atoms with van der Waals surface area (Å²) in [5.74, 6) is 4.70. The molecule has 0 amide bonds. The zero-order chi connectivity index (χ0) is 8.53. The molecule has 5 heteroatoms. The van der Waals surface area contributed by atoms with Crippen LogP contribution in [0, 0.1) is 0 Å². The van der Waals surface area contributed by atoms with Crippen molar-refractivity contribution in [2.45, 2.75) is 0 Å². The van der Waals surface area contributed by atoms with Gasteiger partial charge in [0.25, 0.3) is 0 Å². The molecule has 0 fully saturated rings. The molecule has 0 unspecified atom stereocenters. The number of carbonyl (C=O) groups excluding carboxylic acids is 1. The van der Waals surface area contributed by atoms with E-state index in [2.05, 4.69) is 25.3 Å². The lowest BCUT2D eigenvalue weighted by Gasteiger charge is -1.97. The summed E-state index contributed by atoms with van der Waals surface area (Å²) in [6, 6.07) is 0. The molecule has 0 saturated carbocycles. The van der Waals surface area contributed by atoms with Crippen LogP contribution in [-0.4, -0.2) is 33.9 Å². The topological polar surface area (TPSA) is 17.1 Å². The molecule has 0 radical (unpaired) electrons. The highest BCUT2D eigenvalue weighted by Crippen LogP contribution is 2.07. The van der Waals surface area contributed by atoms with E-state index in [9.17, 15) is 4.79 Å². The Morgan fingerprint density at radius 2 is 1.82 bits per heavy atom. The van der Waals surface area contributed by atoms with Gasteiger partial charge in [-0.15, -0.1) is 12.6 Å². The molecule has 0 aromatic rings. The second kappa shape index (κ2) is 9.16. The summed E-state index contributed by atoms with van der Waals surface area (Å²) in [6.45, 7) is 0. The minimum atomic E-state index is -0.0332. The molecule has 66 valence electrons. The van der Waals surface area contributed by atoms with Crippen LogP contribution < -0.4 is 0 Å². The first-order chi connectivity index (χ1) is 5.27. The molecule has 0 saturated heterocycles. The van der Waals surface area contributed by atoms with Crippen molar-refractivity contribution in [1.29, 1.82) is 0 Å². The molecule has 0 aliphatic heterocycles. The molecule has 0 N–H and O–H groups in total. The van der Waals surface area contributed by atoms with E-state index in [1.165, 1.54) is 0 Å². The van der Waals surface area contributed by atoms with Gasteiger partial charge in [-0.3, -0.25) is 4.79 Å². The molecular formula is C6H12OS4. The normalized spacial score (nSPS) is 10.0. The summed E-state index contributed by atoms with van der Waals surface area (Å²) in [7, 11) is 0. The Bertz CT molecular complexity index is 107. The van der Waals surface area contributed by atoms with Gasteiger partial charge in [-0.05, 0) is 5.75 Å². The van der Waals surface area contributed by atoms with Crippen molar-refractivity contribution in [3.05, 3.63) is 0 Å². The van der Waals surface area contributed by atoms with Crippen LogP contribution in [0.15, 0.2) is 0 Å². The Hall–Kier alpha value is 1.07. The fourth-order valence-corrected chi connectivity index (χ4v) is 2.70. The van der Waals surface area contributed by atoms with Crippen LogP contribution in [0.3, 0.4) is 0 Å². The third-order valence-electron chi connectivity index (χ3n) is 0.833. The number of thiol groups is 2. The van der Waals surface area contributed by atoms with Crippen LogP contribution in [-0.2, 0) is 4.79 Å². The molecule has 0 aromatic carbocycles. The van der Waals surface area contributed by atoms with Gasteiger partial charge in [0.15, 0.2) is 5.12 Å². The number of thioether (sulfide) groups is 2. The van der Waals surface area contributed by atoms with Gasteiger partial charge in [-0.25, -0.2) is 0 Å².